The lowest BCUT2D eigenvalue weighted by atomic mass is 10.2. The number of aryl methyl sites for hydroxylation is 1. The zero-order valence-corrected chi connectivity index (χ0v) is 19.4. The molecular weight excluding hydrogens is 459 g/mol. The number of carbonyl (C=O) groups excluding carboxylic acids is 1. The SMILES string of the molecule is CCCc1ccc(C#N)c(SC(C)C(=O)Nc2nc(-c3ccc(Cl)cc3Cl)cs2)n1. The van der Waals surface area contributed by atoms with E-state index in [1.807, 2.05) is 11.4 Å². The van der Waals surface area contributed by atoms with Crippen LogP contribution in [-0.4, -0.2) is 21.1 Å². The molecule has 1 amide bonds. The molecule has 0 radical (unpaired) electrons. The van der Waals surface area contributed by atoms with Crippen LogP contribution in [0, 0.1) is 11.3 Å². The molecule has 1 aromatic carbocycles. The quantitative estimate of drug-likeness (QED) is 0.396. The second kappa shape index (κ2) is 10.3. The number of nitrogens with zero attached hydrogens (tertiary/aromatic N) is 3. The summed E-state index contributed by atoms with van der Waals surface area (Å²) in [6, 6.07) is 10.9. The van der Waals surface area contributed by atoms with Gasteiger partial charge < -0.3 is 5.32 Å². The van der Waals surface area contributed by atoms with E-state index in [1.54, 1.807) is 31.2 Å². The third-order valence-electron chi connectivity index (χ3n) is 4.14. The number of nitrogens with one attached hydrogen (secondary N) is 1. The van der Waals surface area contributed by atoms with Gasteiger partial charge in [0.05, 0.1) is 21.5 Å². The summed E-state index contributed by atoms with van der Waals surface area (Å²) in [6.07, 6.45) is 1.79. The van der Waals surface area contributed by atoms with Crippen molar-refractivity contribution in [2.24, 2.45) is 0 Å². The van der Waals surface area contributed by atoms with Gasteiger partial charge in [0.1, 0.15) is 11.1 Å². The zero-order chi connectivity index (χ0) is 21.7. The van der Waals surface area contributed by atoms with Crippen molar-refractivity contribution in [2.45, 2.75) is 37.0 Å². The Labute approximate surface area is 193 Å². The van der Waals surface area contributed by atoms with Crippen molar-refractivity contribution >= 4 is 57.3 Å². The highest BCUT2D eigenvalue weighted by Crippen LogP contribution is 2.33. The number of hydrogen-bond acceptors (Lipinski definition) is 6. The zero-order valence-electron chi connectivity index (χ0n) is 16.3. The molecule has 0 saturated carbocycles. The molecule has 2 heterocycles. The Morgan fingerprint density at radius 2 is 2.10 bits per heavy atom. The van der Waals surface area contributed by atoms with E-state index in [-0.39, 0.29) is 5.91 Å². The summed E-state index contributed by atoms with van der Waals surface area (Å²) >= 11 is 14.8. The lowest BCUT2D eigenvalue weighted by Gasteiger charge is -2.12. The minimum absolute atomic E-state index is 0.213. The van der Waals surface area contributed by atoms with E-state index in [0.717, 1.165) is 24.1 Å². The Bertz CT molecular complexity index is 1110. The number of pyridine rings is 1. The standard InChI is InChI=1S/C21H18Cl2N4OS2/c1-3-4-15-7-5-13(10-24)20(25-15)30-12(2)19(28)27-21-26-18(11-29-21)16-8-6-14(22)9-17(16)23/h5-9,11-12H,3-4H2,1-2H3,(H,26,27,28). The van der Waals surface area contributed by atoms with Gasteiger partial charge in [-0.15, -0.1) is 11.3 Å². The monoisotopic (exact) mass is 476 g/mol. The van der Waals surface area contributed by atoms with Crippen LogP contribution in [0.4, 0.5) is 5.13 Å². The van der Waals surface area contributed by atoms with Gasteiger partial charge in [-0.3, -0.25) is 4.79 Å². The number of benzene rings is 1. The first kappa shape index (κ1) is 22.6. The molecule has 0 spiro atoms. The van der Waals surface area contributed by atoms with Crippen molar-refractivity contribution in [1.29, 1.82) is 5.26 Å². The molecule has 0 aliphatic heterocycles. The van der Waals surface area contributed by atoms with E-state index in [4.69, 9.17) is 23.2 Å². The molecule has 2 aromatic heterocycles. The van der Waals surface area contributed by atoms with Crippen molar-refractivity contribution in [1.82, 2.24) is 9.97 Å². The molecular formula is C21H18Cl2N4OS2. The number of thioether (sulfide) groups is 1. The van der Waals surface area contributed by atoms with E-state index in [9.17, 15) is 10.1 Å². The Balaban J connectivity index is 1.70. The van der Waals surface area contributed by atoms with Gasteiger partial charge in [-0.2, -0.15) is 5.26 Å². The van der Waals surface area contributed by atoms with E-state index in [2.05, 4.69) is 28.3 Å². The Morgan fingerprint density at radius 3 is 2.80 bits per heavy atom. The van der Waals surface area contributed by atoms with E-state index < -0.39 is 5.25 Å². The molecule has 3 aromatic rings. The number of thiazole rings is 1. The molecule has 5 nitrogen and oxygen atoms in total. The van der Waals surface area contributed by atoms with Crippen molar-refractivity contribution in [3.63, 3.8) is 0 Å². The maximum atomic E-state index is 12.7. The van der Waals surface area contributed by atoms with Gasteiger partial charge in [-0.1, -0.05) is 48.3 Å². The summed E-state index contributed by atoms with van der Waals surface area (Å²) in [5.41, 5.74) is 2.79. The summed E-state index contributed by atoms with van der Waals surface area (Å²) in [4.78, 5) is 21.7. The first-order chi connectivity index (χ1) is 14.4. The van der Waals surface area contributed by atoms with Crippen molar-refractivity contribution < 1.29 is 4.79 Å². The number of aromatic nitrogens is 2. The van der Waals surface area contributed by atoms with Crippen LogP contribution >= 0.6 is 46.3 Å². The first-order valence-corrected chi connectivity index (χ1v) is 11.7. The van der Waals surface area contributed by atoms with Crippen LogP contribution in [0.2, 0.25) is 10.0 Å². The third-order valence-corrected chi connectivity index (χ3v) is 6.55. The first-order valence-electron chi connectivity index (χ1n) is 9.19. The number of rotatable bonds is 7. The maximum absolute atomic E-state index is 12.7. The topological polar surface area (TPSA) is 78.7 Å². The Morgan fingerprint density at radius 1 is 1.30 bits per heavy atom. The predicted molar refractivity (Wildman–Crippen MR) is 124 cm³/mol. The molecule has 0 bridgehead atoms. The summed E-state index contributed by atoms with van der Waals surface area (Å²) in [6.45, 7) is 3.85. The highest BCUT2D eigenvalue weighted by molar-refractivity contribution is 8.00. The van der Waals surface area contributed by atoms with Crippen LogP contribution in [-0.2, 0) is 11.2 Å². The number of nitriles is 1. The normalized spacial score (nSPS) is 11.7. The molecule has 0 aliphatic rings. The number of halogens is 2. The average Bonchev–Trinajstić information content (AvgIpc) is 3.16. The smallest absolute Gasteiger partial charge is 0.239 e. The van der Waals surface area contributed by atoms with E-state index in [0.29, 0.717) is 31.5 Å². The van der Waals surface area contributed by atoms with Crippen LogP contribution < -0.4 is 5.32 Å². The molecule has 0 aliphatic carbocycles. The Hall–Kier alpha value is -2.11. The fourth-order valence-electron chi connectivity index (χ4n) is 2.63. The molecule has 1 N–H and O–H groups in total. The predicted octanol–water partition coefficient (Wildman–Crippen LogP) is 6.46. The van der Waals surface area contributed by atoms with Crippen LogP contribution in [0.1, 0.15) is 31.5 Å². The van der Waals surface area contributed by atoms with Crippen molar-refractivity contribution in [3.8, 4) is 17.3 Å². The summed E-state index contributed by atoms with van der Waals surface area (Å²) in [5, 5.41) is 15.6. The van der Waals surface area contributed by atoms with Gasteiger partial charge in [0.25, 0.3) is 0 Å². The number of anilines is 1. The Kier molecular flexibility index (Phi) is 7.73. The lowest BCUT2D eigenvalue weighted by Crippen LogP contribution is -2.22. The number of hydrogen-bond donors (Lipinski definition) is 1. The lowest BCUT2D eigenvalue weighted by molar-refractivity contribution is -0.115. The van der Waals surface area contributed by atoms with Crippen LogP contribution in [0.3, 0.4) is 0 Å². The molecule has 0 fully saturated rings. The van der Waals surface area contributed by atoms with Gasteiger partial charge >= 0.3 is 0 Å². The van der Waals surface area contributed by atoms with Crippen LogP contribution in [0.15, 0.2) is 40.7 Å². The minimum Gasteiger partial charge on any atom is -0.301 e. The van der Waals surface area contributed by atoms with Gasteiger partial charge in [0.15, 0.2) is 5.13 Å². The minimum atomic E-state index is -0.451. The van der Waals surface area contributed by atoms with Crippen LogP contribution in [0.25, 0.3) is 11.3 Å². The maximum Gasteiger partial charge on any atom is 0.239 e. The highest BCUT2D eigenvalue weighted by atomic mass is 35.5. The van der Waals surface area contributed by atoms with Gasteiger partial charge in [-0.05, 0) is 43.7 Å². The molecule has 1 unspecified atom stereocenters. The van der Waals surface area contributed by atoms with Crippen molar-refractivity contribution in [3.05, 3.63) is 57.0 Å². The molecule has 9 heteroatoms. The molecule has 30 heavy (non-hydrogen) atoms. The third kappa shape index (κ3) is 5.52. The van der Waals surface area contributed by atoms with Gasteiger partial charge in [0, 0.05) is 21.7 Å². The molecule has 1 atom stereocenters. The van der Waals surface area contributed by atoms with E-state index >= 15 is 0 Å². The fraction of sp³-hybridized carbons (Fsp3) is 0.238. The second-order valence-electron chi connectivity index (χ2n) is 6.43. The van der Waals surface area contributed by atoms with Gasteiger partial charge in [-0.25, -0.2) is 9.97 Å². The largest absolute Gasteiger partial charge is 0.301 e. The van der Waals surface area contributed by atoms with E-state index in [1.165, 1.54) is 23.1 Å². The second-order valence-corrected chi connectivity index (χ2v) is 9.46. The van der Waals surface area contributed by atoms with Gasteiger partial charge in [0.2, 0.25) is 5.91 Å². The van der Waals surface area contributed by atoms with Crippen LogP contribution in [0.5, 0.6) is 0 Å². The molecule has 3 rings (SSSR count). The van der Waals surface area contributed by atoms with Crippen molar-refractivity contribution in [2.75, 3.05) is 5.32 Å². The summed E-state index contributed by atoms with van der Waals surface area (Å²) in [5.74, 6) is -0.213. The number of amides is 1. The summed E-state index contributed by atoms with van der Waals surface area (Å²) < 4.78 is 0. The number of carbonyl (C=O) groups is 1. The molecule has 0 saturated heterocycles. The summed E-state index contributed by atoms with van der Waals surface area (Å²) in [7, 11) is 0. The highest BCUT2D eigenvalue weighted by Gasteiger charge is 2.19. The fourth-order valence-corrected chi connectivity index (χ4v) is 4.76. The molecule has 154 valence electrons. The average molecular weight is 477 g/mol.